The molecule has 0 aromatic carbocycles. The number of nitrogens with one attached hydrogen (secondary N) is 1. The number of alkyl carbamates (subject to hydrolysis) is 1. The van der Waals surface area contributed by atoms with E-state index in [-0.39, 0.29) is 0 Å². The first-order valence-electron chi connectivity index (χ1n) is 7.39. The van der Waals surface area contributed by atoms with Crippen LogP contribution in [0.2, 0.25) is 0 Å². The summed E-state index contributed by atoms with van der Waals surface area (Å²) in [7, 11) is 0. The van der Waals surface area contributed by atoms with Crippen molar-refractivity contribution in [1.82, 2.24) is 20.4 Å². The molecule has 0 bridgehead atoms. The minimum Gasteiger partial charge on any atom is -0.444 e. The van der Waals surface area contributed by atoms with E-state index in [0.29, 0.717) is 18.3 Å². The van der Waals surface area contributed by atoms with Crippen molar-refractivity contribution in [2.45, 2.75) is 45.6 Å². The van der Waals surface area contributed by atoms with Gasteiger partial charge in [0.1, 0.15) is 5.60 Å². The Hall–Kier alpha value is -2.44. The summed E-state index contributed by atoms with van der Waals surface area (Å²) in [6, 6.07) is 3.61. The summed E-state index contributed by atoms with van der Waals surface area (Å²) in [6.45, 7) is 9.59. The number of hydrogen-bond donors (Lipinski definition) is 1. The quantitative estimate of drug-likeness (QED) is 0.932. The first kappa shape index (κ1) is 16.9. The monoisotopic (exact) mass is 318 g/mol. The predicted octanol–water partition coefficient (Wildman–Crippen LogP) is 2.93. The second-order valence-electron chi connectivity index (χ2n) is 6.90. The number of nitrogens with zero attached hydrogens (tertiary/aromatic N) is 3. The molecule has 0 fully saturated rings. The molecule has 2 aromatic heterocycles. The number of carbonyl (C=O) groups excluding carboxylic acids is 1. The standard InChI is InChI=1S/C16H22N4O3/c1-15(2,3)22-14(21)18-10-16(4,5)13-19-12(20-23-13)11-6-8-17-9-7-11/h6-9H,10H2,1-5H3,(H,18,21). The molecular formula is C16H22N4O3. The van der Waals surface area contributed by atoms with Crippen molar-refractivity contribution in [3.8, 4) is 11.4 Å². The van der Waals surface area contributed by atoms with Crippen LogP contribution in [-0.2, 0) is 10.2 Å². The van der Waals surface area contributed by atoms with Crippen molar-refractivity contribution >= 4 is 6.09 Å². The highest BCUT2D eigenvalue weighted by molar-refractivity contribution is 5.67. The van der Waals surface area contributed by atoms with Crippen molar-refractivity contribution in [2.24, 2.45) is 0 Å². The molecule has 0 aliphatic rings. The van der Waals surface area contributed by atoms with Crippen LogP contribution in [0.4, 0.5) is 4.79 Å². The summed E-state index contributed by atoms with van der Waals surface area (Å²) >= 11 is 0. The summed E-state index contributed by atoms with van der Waals surface area (Å²) in [5.74, 6) is 0.938. The molecule has 0 radical (unpaired) electrons. The van der Waals surface area contributed by atoms with E-state index in [1.807, 2.05) is 34.6 Å². The number of rotatable bonds is 4. The molecule has 1 N–H and O–H groups in total. The van der Waals surface area contributed by atoms with Gasteiger partial charge in [-0.25, -0.2) is 4.79 Å². The molecule has 7 heteroatoms. The molecule has 2 aromatic rings. The number of ether oxygens (including phenoxy) is 1. The van der Waals surface area contributed by atoms with Crippen molar-refractivity contribution in [3.63, 3.8) is 0 Å². The smallest absolute Gasteiger partial charge is 0.407 e. The molecule has 7 nitrogen and oxygen atoms in total. The lowest BCUT2D eigenvalue weighted by Crippen LogP contribution is -2.40. The lowest BCUT2D eigenvalue weighted by atomic mass is 9.93. The Labute approximate surface area is 135 Å². The van der Waals surface area contributed by atoms with Gasteiger partial charge in [0.15, 0.2) is 0 Å². The zero-order valence-corrected chi connectivity index (χ0v) is 14.1. The van der Waals surface area contributed by atoms with Crippen molar-refractivity contribution < 1.29 is 14.1 Å². The van der Waals surface area contributed by atoms with E-state index in [2.05, 4.69) is 20.4 Å². The van der Waals surface area contributed by atoms with Gasteiger partial charge in [-0.05, 0) is 46.8 Å². The summed E-state index contributed by atoms with van der Waals surface area (Å²) in [6.07, 6.45) is 2.86. The zero-order chi connectivity index (χ0) is 17.1. The molecule has 0 unspecified atom stereocenters. The van der Waals surface area contributed by atoms with Crippen LogP contribution in [0.15, 0.2) is 29.0 Å². The molecule has 0 atom stereocenters. The van der Waals surface area contributed by atoms with Gasteiger partial charge >= 0.3 is 6.09 Å². The Bertz CT molecular complexity index is 659. The Morgan fingerprint density at radius 1 is 1.22 bits per heavy atom. The maximum atomic E-state index is 11.8. The molecule has 2 heterocycles. The molecule has 0 saturated heterocycles. The van der Waals surface area contributed by atoms with Gasteiger partial charge in [0.25, 0.3) is 0 Å². The maximum Gasteiger partial charge on any atom is 0.407 e. The predicted molar refractivity (Wildman–Crippen MR) is 84.8 cm³/mol. The van der Waals surface area contributed by atoms with Crippen LogP contribution < -0.4 is 5.32 Å². The van der Waals surface area contributed by atoms with Gasteiger partial charge in [0, 0.05) is 24.5 Å². The molecular weight excluding hydrogens is 296 g/mol. The van der Waals surface area contributed by atoms with E-state index in [9.17, 15) is 4.79 Å². The number of aromatic nitrogens is 3. The minimum atomic E-state index is -0.534. The van der Waals surface area contributed by atoms with Gasteiger partial charge in [-0.3, -0.25) is 4.98 Å². The molecule has 0 aliphatic heterocycles. The van der Waals surface area contributed by atoms with Gasteiger partial charge in [0.05, 0.1) is 5.41 Å². The number of carbonyl (C=O) groups is 1. The second-order valence-corrected chi connectivity index (χ2v) is 6.90. The molecule has 124 valence electrons. The molecule has 0 aliphatic carbocycles. The van der Waals surface area contributed by atoms with Crippen molar-refractivity contribution in [3.05, 3.63) is 30.4 Å². The van der Waals surface area contributed by atoms with Gasteiger partial charge < -0.3 is 14.6 Å². The minimum absolute atomic E-state index is 0.319. The number of amides is 1. The highest BCUT2D eigenvalue weighted by atomic mass is 16.6. The molecule has 1 amide bonds. The average molecular weight is 318 g/mol. The van der Waals surface area contributed by atoms with Crippen LogP contribution in [0.5, 0.6) is 0 Å². The largest absolute Gasteiger partial charge is 0.444 e. The topological polar surface area (TPSA) is 90.1 Å². The Morgan fingerprint density at radius 3 is 2.48 bits per heavy atom. The number of hydrogen-bond acceptors (Lipinski definition) is 6. The fourth-order valence-electron chi connectivity index (χ4n) is 1.80. The third-order valence-corrected chi connectivity index (χ3v) is 3.02. The Morgan fingerprint density at radius 2 is 1.87 bits per heavy atom. The molecule has 23 heavy (non-hydrogen) atoms. The van der Waals surface area contributed by atoms with Gasteiger partial charge in [-0.15, -0.1) is 0 Å². The van der Waals surface area contributed by atoms with Crippen LogP contribution in [0.1, 0.15) is 40.5 Å². The third-order valence-electron chi connectivity index (χ3n) is 3.02. The lowest BCUT2D eigenvalue weighted by Gasteiger charge is -2.23. The lowest BCUT2D eigenvalue weighted by molar-refractivity contribution is 0.0514. The summed E-state index contributed by atoms with van der Waals surface area (Å²) in [5, 5.41) is 6.71. The van der Waals surface area contributed by atoms with Crippen molar-refractivity contribution in [1.29, 1.82) is 0 Å². The van der Waals surface area contributed by atoms with Gasteiger partial charge in [-0.1, -0.05) is 5.16 Å². The highest BCUT2D eigenvalue weighted by Crippen LogP contribution is 2.23. The third kappa shape index (κ3) is 4.77. The normalized spacial score (nSPS) is 12.0. The van der Waals surface area contributed by atoms with Gasteiger partial charge in [-0.2, -0.15) is 4.98 Å². The SMILES string of the molecule is CC(C)(C)OC(=O)NCC(C)(C)c1nc(-c2ccncc2)no1. The number of pyridine rings is 1. The van der Waals surface area contributed by atoms with E-state index >= 15 is 0 Å². The van der Waals surface area contributed by atoms with Crippen LogP contribution in [0, 0.1) is 0 Å². The van der Waals surface area contributed by atoms with E-state index < -0.39 is 17.1 Å². The molecule has 0 spiro atoms. The Balaban J connectivity index is 2.03. The van der Waals surface area contributed by atoms with Gasteiger partial charge in [0.2, 0.25) is 11.7 Å². The van der Waals surface area contributed by atoms with E-state index in [4.69, 9.17) is 9.26 Å². The van der Waals surface area contributed by atoms with Crippen LogP contribution in [-0.4, -0.2) is 33.4 Å². The second kappa shape index (κ2) is 6.36. The summed E-state index contributed by atoms with van der Waals surface area (Å²) in [4.78, 5) is 20.1. The Kier molecular flexibility index (Phi) is 4.68. The fourth-order valence-corrected chi connectivity index (χ4v) is 1.80. The van der Waals surface area contributed by atoms with Crippen LogP contribution in [0.25, 0.3) is 11.4 Å². The van der Waals surface area contributed by atoms with Crippen LogP contribution in [0.3, 0.4) is 0 Å². The first-order valence-corrected chi connectivity index (χ1v) is 7.39. The molecule has 0 saturated carbocycles. The van der Waals surface area contributed by atoms with Crippen molar-refractivity contribution in [2.75, 3.05) is 6.54 Å². The van der Waals surface area contributed by atoms with E-state index in [1.165, 1.54) is 0 Å². The first-order chi connectivity index (χ1) is 10.7. The highest BCUT2D eigenvalue weighted by Gasteiger charge is 2.29. The zero-order valence-electron chi connectivity index (χ0n) is 14.1. The summed E-state index contributed by atoms with van der Waals surface area (Å²) in [5.41, 5.74) is -0.228. The maximum absolute atomic E-state index is 11.8. The summed E-state index contributed by atoms with van der Waals surface area (Å²) < 4.78 is 10.6. The fraction of sp³-hybridized carbons (Fsp3) is 0.500. The van der Waals surface area contributed by atoms with Crippen LogP contribution >= 0.6 is 0 Å². The van der Waals surface area contributed by atoms with E-state index in [1.54, 1.807) is 24.5 Å². The molecule has 2 rings (SSSR count). The van der Waals surface area contributed by atoms with E-state index in [0.717, 1.165) is 5.56 Å². The average Bonchev–Trinajstić information content (AvgIpc) is 2.95.